The largest absolute Gasteiger partial charge is 0.371 e. The summed E-state index contributed by atoms with van der Waals surface area (Å²) in [6, 6.07) is 23.9. The number of nitrogens with zero attached hydrogens (tertiary/aromatic N) is 17. The Bertz CT molecular complexity index is 4820. The molecule has 5 aromatic heterocycles. The van der Waals surface area contributed by atoms with Gasteiger partial charge in [-0.05, 0) is 282 Å². The number of amides is 2. The van der Waals surface area contributed by atoms with Gasteiger partial charge in [-0.1, -0.05) is 306 Å². The van der Waals surface area contributed by atoms with Gasteiger partial charge in [0.25, 0.3) is 0 Å². The van der Waals surface area contributed by atoms with E-state index in [9.17, 15) is 9.59 Å². The molecule has 19 nitrogen and oxygen atoms in total. The fourth-order valence-electron chi connectivity index (χ4n) is 28.3. The van der Waals surface area contributed by atoms with Crippen molar-refractivity contribution in [1.82, 2.24) is 49.9 Å². The first-order valence-corrected chi connectivity index (χ1v) is 57.0. The van der Waals surface area contributed by atoms with Crippen LogP contribution < -0.4 is 29.4 Å². The van der Waals surface area contributed by atoms with Crippen molar-refractivity contribution in [3.05, 3.63) is 131 Å². The molecule has 9 unspecified atom stereocenters. The Kier molecular flexibility index (Phi) is 44.0. The predicted molar refractivity (Wildman–Crippen MR) is 623 cm³/mol. The van der Waals surface area contributed by atoms with Gasteiger partial charge in [-0.3, -0.25) is 9.59 Å². The Labute approximate surface area is 894 Å². The molecule has 0 bridgehead atoms. The maximum Gasteiger partial charge on any atom is 0.225 e. The van der Waals surface area contributed by atoms with E-state index in [1.165, 1.54) is 73.9 Å². The SMILES string of the molecule is CC(C)C(=O)N1CCC(C(C)(C)C)C(C)(C)C1.CCC(=O)N1CCC(C(C)(C)C)C(C)(C)C1.CCC1CN(c2ccc(C)cn2)CCC1C(C)(C)C.Cc1ccc(N2CCC(C(C)(C)C)C(C)(C)C2)cc1.Cc1ccc(N2CCC(C(C)(C)C)C(C)(C)C2)nc1.Cc1ccc(N2CCC(C(C)C)C(C)(C)C2)nn1.Cc1cnc(N2CCC(C(C)C)C(C)(C)C2)nc1.Cc1nc(N2CCC(C(C)C)C(C)(C)C2)ncc1C#N. The smallest absolute Gasteiger partial charge is 0.225 e. The van der Waals surface area contributed by atoms with Gasteiger partial charge < -0.3 is 39.2 Å². The standard InChI is InChI=1S/C18H29N.2C17H28N2.C16H24N4.2C15H25N3.C15H29NO.C14H27NO/c1-14-7-9-15(10-8-14)19-12-11-16(17(2,3)4)18(5,6)13-19;1-13-7-8-15(18-11-13)19-10-9-14(16(2,3)4)17(5,6)12-19;1-6-14-12-19(10-9-15(14)17(3,4)5)16-8-7-13(2)11-18-16;1-11(2)14-6-7-20(10-16(14,4)5)15-18-9-13(8-17)12(3)19-15;1-11(2)13-6-7-18(10-15(13,4)5)14-16-8-12(3)9-17-14;1-11(2)13-8-9-18(10-15(13,4)5)14-7-6-12(3)16-17-14;1-11(2)13(17)16-9-8-12(14(3,4)5)15(6,7)10-16;1-7-12(16)15-9-8-11(13(2,3)4)14(5,6)10-15/h7-10,16H,11-13H2,1-6H3;7-8,11,14H,9-10,12H2,1-6H3;7-8,11,14-15H,6,9-10,12H2,1-5H3;9,11,14H,6-7,10H2,1-5H3;8-9,11,13H,6-7,10H2,1-5H3;6-7,11,13H,8-10H2,1-5H3;11-12H,8-10H2,1-7H3;11H,7-10H2,1-6H3. The van der Waals surface area contributed by atoms with Gasteiger partial charge in [0, 0.05) is 148 Å². The van der Waals surface area contributed by atoms with Crippen molar-refractivity contribution >= 4 is 46.9 Å². The molecule has 9 atom stereocenters. The Balaban J connectivity index is 0.000000226. The predicted octanol–water partition coefficient (Wildman–Crippen LogP) is 30.1. The highest BCUT2D eigenvalue weighted by molar-refractivity contribution is 5.78. The first-order chi connectivity index (χ1) is 67.2. The summed E-state index contributed by atoms with van der Waals surface area (Å²) < 4.78 is 0. The van der Waals surface area contributed by atoms with E-state index in [2.05, 4.69) is 405 Å². The molecule has 146 heavy (non-hydrogen) atoms. The van der Waals surface area contributed by atoms with Crippen LogP contribution >= 0.6 is 0 Å². The van der Waals surface area contributed by atoms with E-state index in [-0.39, 0.29) is 22.2 Å². The molecule has 8 saturated heterocycles. The average molecular weight is 2010 g/mol. The Hall–Kier alpha value is -8.01. The lowest BCUT2D eigenvalue weighted by atomic mass is 9.62. The number of carbonyl (C=O) groups is 2. The molecule has 0 N–H and O–H groups in total. The summed E-state index contributed by atoms with van der Waals surface area (Å²) in [4.78, 5) is 69.3. The molecule has 0 aliphatic carbocycles. The highest BCUT2D eigenvalue weighted by atomic mass is 16.2. The van der Waals surface area contributed by atoms with E-state index in [1.807, 2.05) is 77.3 Å². The molecule has 8 fully saturated rings. The summed E-state index contributed by atoms with van der Waals surface area (Å²) >= 11 is 0. The minimum atomic E-state index is 0.122. The molecule has 19 heteroatoms. The van der Waals surface area contributed by atoms with E-state index in [0.29, 0.717) is 90.3 Å². The zero-order valence-electron chi connectivity index (χ0n) is 102. The van der Waals surface area contributed by atoms with Crippen LogP contribution in [0.5, 0.6) is 0 Å². The van der Waals surface area contributed by atoms with Crippen LogP contribution in [0.3, 0.4) is 0 Å². The van der Waals surface area contributed by atoms with Crippen LogP contribution in [0.25, 0.3) is 0 Å². The maximum atomic E-state index is 12.1. The molecule has 6 aromatic rings. The summed E-state index contributed by atoms with van der Waals surface area (Å²) in [6.45, 7) is 120. The topological polar surface area (TPSA) is 187 Å². The second kappa shape index (κ2) is 51.4. The molecule has 2 amide bonds. The van der Waals surface area contributed by atoms with Gasteiger partial charge in [0.1, 0.15) is 17.7 Å². The summed E-state index contributed by atoms with van der Waals surface area (Å²) in [6.07, 6.45) is 21.1. The van der Waals surface area contributed by atoms with Crippen molar-refractivity contribution in [1.29, 1.82) is 5.26 Å². The second-order valence-corrected chi connectivity index (χ2v) is 57.3. The molecular formula is C127H215N17O2. The number of aryl methyl sites for hydroxylation is 6. The molecule has 0 spiro atoms. The minimum Gasteiger partial charge on any atom is -0.371 e. The molecule has 14 rings (SSSR count). The van der Waals surface area contributed by atoms with E-state index < -0.39 is 0 Å². The monoisotopic (exact) mass is 2010 g/mol. The third-order valence-electron chi connectivity index (χ3n) is 34.6. The summed E-state index contributed by atoms with van der Waals surface area (Å²) in [7, 11) is 0. The van der Waals surface area contributed by atoms with Crippen LogP contribution in [0, 0.1) is 195 Å². The van der Waals surface area contributed by atoms with Crippen molar-refractivity contribution in [3.8, 4) is 6.07 Å². The molecule has 8 aliphatic heterocycles. The lowest BCUT2D eigenvalue weighted by Gasteiger charge is -2.50. The zero-order chi connectivity index (χ0) is 110. The fourth-order valence-corrected chi connectivity index (χ4v) is 28.3. The lowest BCUT2D eigenvalue weighted by molar-refractivity contribution is -0.140. The van der Waals surface area contributed by atoms with Crippen molar-refractivity contribution in [2.45, 2.75) is 376 Å². The van der Waals surface area contributed by atoms with Gasteiger partial charge in [-0.25, -0.2) is 29.9 Å². The minimum absolute atomic E-state index is 0.122. The molecule has 820 valence electrons. The lowest BCUT2D eigenvalue weighted by Crippen LogP contribution is -2.52. The van der Waals surface area contributed by atoms with Crippen molar-refractivity contribution in [3.63, 3.8) is 0 Å². The first kappa shape index (κ1) is 125. The number of aromatic nitrogens is 8. The van der Waals surface area contributed by atoms with Gasteiger partial charge in [0.2, 0.25) is 23.7 Å². The van der Waals surface area contributed by atoms with Crippen LogP contribution in [0.1, 0.15) is 373 Å². The van der Waals surface area contributed by atoms with Gasteiger partial charge in [-0.2, -0.15) is 10.4 Å². The first-order valence-electron chi connectivity index (χ1n) is 57.0. The third-order valence-corrected chi connectivity index (χ3v) is 34.6. The molecule has 1 aromatic carbocycles. The van der Waals surface area contributed by atoms with E-state index >= 15 is 0 Å². The number of likely N-dealkylation sites (tertiary alicyclic amines) is 2. The van der Waals surface area contributed by atoms with Gasteiger partial charge in [0.15, 0.2) is 5.82 Å². The number of nitriles is 1. The highest BCUT2D eigenvalue weighted by Crippen LogP contribution is 2.52. The maximum absolute atomic E-state index is 12.1. The number of benzene rings is 1. The summed E-state index contributed by atoms with van der Waals surface area (Å²) in [5.41, 5.74) is 12.6. The number of carbonyl (C=O) groups excluding carboxylic acids is 2. The zero-order valence-corrected chi connectivity index (χ0v) is 102. The van der Waals surface area contributed by atoms with E-state index in [1.54, 1.807) is 6.20 Å². The Morgan fingerprint density at radius 3 is 1.08 bits per heavy atom. The van der Waals surface area contributed by atoms with Gasteiger partial charge >= 0.3 is 0 Å². The van der Waals surface area contributed by atoms with Crippen molar-refractivity contribution < 1.29 is 9.59 Å². The molecule has 0 saturated carbocycles. The number of rotatable bonds is 12. The van der Waals surface area contributed by atoms with E-state index in [0.717, 1.165) is 211 Å². The molecule has 8 aliphatic rings. The number of pyridine rings is 2. The Morgan fingerprint density at radius 1 is 0.363 bits per heavy atom. The van der Waals surface area contributed by atoms with Gasteiger partial charge in [-0.15, -0.1) is 5.10 Å². The van der Waals surface area contributed by atoms with Crippen LogP contribution in [0.15, 0.2) is 91.6 Å². The van der Waals surface area contributed by atoms with Crippen LogP contribution in [-0.2, 0) is 9.59 Å². The van der Waals surface area contributed by atoms with E-state index in [4.69, 9.17) is 5.26 Å². The Morgan fingerprint density at radius 2 is 0.712 bits per heavy atom. The number of hydrogen-bond donors (Lipinski definition) is 0. The number of piperidine rings is 8. The van der Waals surface area contributed by atoms with Crippen molar-refractivity contribution in [2.75, 3.05) is 134 Å². The quantitative estimate of drug-likeness (QED) is 0.112. The summed E-state index contributed by atoms with van der Waals surface area (Å²) in [5.74, 6) is 14.8. The fraction of sp³-hybridized carbons (Fsp3) is 0.756. The normalized spacial score (nSPS) is 23.8. The molecule has 0 radical (unpaired) electrons. The van der Waals surface area contributed by atoms with Crippen LogP contribution in [0.4, 0.5) is 35.0 Å². The third kappa shape index (κ3) is 35.6. The van der Waals surface area contributed by atoms with Crippen LogP contribution in [-0.4, -0.2) is 166 Å². The van der Waals surface area contributed by atoms with Gasteiger partial charge in [0.05, 0.1) is 23.1 Å². The summed E-state index contributed by atoms with van der Waals surface area (Å²) in [5, 5.41) is 17.4. The molecular weight excluding hydrogens is 1800 g/mol. The van der Waals surface area contributed by atoms with Crippen LogP contribution in [0.2, 0.25) is 0 Å². The van der Waals surface area contributed by atoms with Crippen molar-refractivity contribution in [2.24, 2.45) is 142 Å². The molecule has 13 heterocycles. The average Bonchev–Trinajstić information content (AvgIpc) is 0.783. The number of hydrogen-bond acceptors (Lipinski definition) is 17. The second-order valence-electron chi connectivity index (χ2n) is 57.3. The number of anilines is 6. The highest BCUT2D eigenvalue weighted by Gasteiger charge is 2.49.